The zero-order valence-electron chi connectivity index (χ0n) is 8.32. The van der Waals surface area contributed by atoms with E-state index in [4.69, 9.17) is 0 Å². The second-order valence-electron chi connectivity index (χ2n) is 3.42. The highest BCUT2D eigenvalue weighted by Crippen LogP contribution is 2.21. The Morgan fingerprint density at radius 1 is 1.57 bits per heavy atom. The molecule has 1 aliphatic heterocycles. The summed E-state index contributed by atoms with van der Waals surface area (Å²) in [6.07, 6.45) is 1.81. The molecule has 14 heavy (non-hydrogen) atoms. The number of rotatable bonds is 1. The second kappa shape index (κ2) is 4.00. The fourth-order valence-electron chi connectivity index (χ4n) is 1.26. The van der Waals surface area contributed by atoms with Gasteiger partial charge in [-0.1, -0.05) is 18.7 Å². The largest absolute Gasteiger partial charge is 0.320 e. The summed E-state index contributed by atoms with van der Waals surface area (Å²) < 4.78 is 0. The molecule has 0 radical (unpaired) electrons. The summed E-state index contributed by atoms with van der Waals surface area (Å²) in [7, 11) is 0. The molecule has 1 N–H and O–H groups in total. The van der Waals surface area contributed by atoms with Gasteiger partial charge in [0.2, 0.25) is 0 Å². The first-order valence-corrected chi connectivity index (χ1v) is 5.53. The lowest BCUT2D eigenvalue weighted by Gasteiger charge is -2.05. The van der Waals surface area contributed by atoms with Crippen LogP contribution < -0.4 is 5.32 Å². The van der Waals surface area contributed by atoms with Gasteiger partial charge in [-0.15, -0.1) is 0 Å². The zero-order chi connectivity index (χ0) is 9.97. The van der Waals surface area contributed by atoms with Gasteiger partial charge in [-0.2, -0.15) is 0 Å². The number of nitrogens with one attached hydrogen (secondary N) is 1. The van der Waals surface area contributed by atoms with Crippen molar-refractivity contribution in [3.63, 3.8) is 0 Å². The molecule has 1 aliphatic rings. The molecule has 0 saturated heterocycles. The first kappa shape index (κ1) is 9.52. The number of aryl methyl sites for hydroxylation is 1. The Balaban J connectivity index is 2.04. The van der Waals surface area contributed by atoms with E-state index < -0.39 is 0 Å². The van der Waals surface area contributed by atoms with Crippen LogP contribution in [-0.4, -0.2) is 21.9 Å². The standard InChI is InChI=1S/C10H13N3S/c1-7-3-4-11-9(5-7)13-10-12-6-8(2)14-10/h3-5,8H,6H2,1-2H3,(H,11,12,13). The van der Waals surface area contributed by atoms with Crippen LogP contribution in [0.1, 0.15) is 12.5 Å². The normalized spacial score (nSPS) is 20.7. The molecule has 0 fully saturated rings. The average Bonchev–Trinajstić information content (AvgIpc) is 2.51. The number of anilines is 1. The van der Waals surface area contributed by atoms with Gasteiger partial charge >= 0.3 is 0 Å². The van der Waals surface area contributed by atoms with Crippen LogP contribution in [0.25, 0.3) is 0 Å². The first-order chi connectivity index (χ1) is 6.74. The molecule has 74 valence electrons. The fraction of sp³-hybridized carbons (Fsp3) is 0.400. The van der Waals surface area contributed by atoms with Gasteiger partial charge in [-0.3, -0.25) is 4.99 Å². The number of hydrogen-bond acceptors (Lipinski definition) is 4. The second-order valence-corrected chi connectivity index (χ2v) is 4.84. The highest BCUT2D eigenvalue weighted by molar-refractivity contribution is 8.15. The molecule has 0 aromatic carbocycles. The van der Waals surface area contributed by atoms with Crippen molar-refractivity contribution in [3.8, 4) is 0 Å². The van der Waals surface area contributed by atoms with Gasteiger partial charge in [0.25, 0.3) is 0 Å². The number of aromatic nitrogens is 1. The van der Waals surface area contributed by atoms with E-state index in [1.165, 1.54) is 5.56 Å². The van der Waals surface area contributed by atoms with Crippen LogP contribution in [0.15, 0.2) is 23.3 Å². The topological polar surface area (TPSA) is 37.3 Å². The van der Waals surface area contributed by atoms with E-state index in [1.807, 2.05) is 12.1 Å². The monoisotopic (exact) mass is 207 g/mol. The van der Waals surface area contributed by atoms with E-state index in [-0.39, 0.29) is 0 Å². The lowest BCUT2D eigenvalue weighted by Crippen LogP contribution is -2.07. The van der Waals surface area contributed by atoms with Gasteiger partial charge in [0, 0.05) is 11.4 Å². The van der Waals surface area contributed by atoms with E-state index in [0.29, 0.717) is 5.25 Å². The van der Waals surface area contributed by atoms with Crippen molar-refractivity contribution < 1.29 is 0 Å². The third-order valence-corrected chi connectivity index (χ3v) is 2.96. The third kappa shape index (κ3) is 2.26. The van der Waals surface area contributed by atoms with Crippen LogP contribution >= 0.6 is 11.8 Å². The molecule has 0 bridgehead atoms. The summed E-state index contributed by atoms with van der Waals surface area (Å²) in [4.78, 5) is 8.59. The molecule has 1 aromatic rings. The van der Waals surface area contributed by atoms with E-state index in [1.54, 1.807) is 18.0 Å². The lowest BCUT2D eigenvalue weighted by atomic mass is 10.3. The Kier molecular flexibility index (Phi) is 2.72. The van der Waals surface area contributed by atoms with E-state index >= 15 is 0 Å². The Morgan fingerprint density at radius 3 is 3.07 bits per heavy atom. The highest BCUT2D eigenvalue weighted by Gasteiger charge is 2.14. The van der Waals surface area contributed by atoms with Crippen molar-refractivity contribution in [1.29, 1.82) is 0 Å². The molecule has 0 spiro atoms. The average molecular weight is 207 g/mol. The molecule has 3 nitrogen and oxygen atoms in total. The maximum absolute atomic E-state index is 4.37. The van der Waals surface area contributed by atoms with Crippen molar-refractivity contribution in [2.45, 2.75) is 19.1 Å². The van der Waals surface area contributed by atoms with Crippen molar-refractivity contribution in [2.75, 3.05) is 11.9 Å². The molecule has 0 aliphatic carbocycles. The molecular weight excluding hydrogens is 194 g/mol. The Morgan fingerprint density at radius 2 is 2.43 bits per heavy atom. The fourth-order valence-corrected chi connectivity index (χ4v) is 2.10. The number of aliphatic imine (C=N–C) groups is 1. The summed E-state index contributed by atoms with van der Waals surface area (Å²) in [5.74, 6) is 0.880. The molecule has 1 aromatic heterocycles. The van der Waals surface area contributed by atoms with Crippen LogP contribution in [0.5, 0.6) is 0 Å². The van der Waals surface area contributed by atoms with E-state index in [2.05, 4.69) is 29.1 Å². The van der Waals surface area contributed by atoms with Gasteiger partial charge in [-0.05, 0) is 24.6 Å². The van der Waals surface area contributed by atoms with Gasteiger partial charge in [0.05, 0.1) is 6.54 Å². The minimum Gasteiger partial charge on any atom is -0.320 e. The molecule has 4 heteroatoms. The van der Waals surface area contributed by atoms with Gasteiger partial charge in [0.15, 0.2) is 5.17 Å². The van der Waals surface area contributed by atoms with Crippen LogP contribution in [0.2, 0.25) is 0 Å². The van der Waals surface area contributed by atoms with Crippen LogP contribution in [0, 0.1) is 6.92 Å². The predicted molar refractivity (Wildman–Crippen MR) is 62.0 cm³/mol. The van der Waals surface area contributed by atoms with E-state index in [0.717, 1.165) is 17.5 Å². The van der Waals surface area contributed by atoms with Crippen molar-refractivity contribution in [3.05, 3.63) is 23.9 Å². The number of thioether (sulfide) groups is 1. The molecule has 1 atom stereocenters. The Bertz CT molecular complexity index is 362. The molecule has 0 saturated carbocycles. The number of hydrogen-bond donors (Lipinski definition) is 1. The summed E-state index contributed by atoms with van der Waals surface area (Å²) >= 11 is 1.77. The summed E-state index contributed by atoms with van der Waals surface area (Å²) in [6.45, 7) is 5.13. The van der Waals surface area contributed by atoms with Crippen molar-refractivity contribution in [1.82, 2.24) is 4.98 Å². The maximum Gasteiger partial charge on any atom is 0.162 e. The molecular formula is C10H13N3S. The molecule has 2 rings (SSSR count). The Labute approximate surface area is 88.0 Å². The smallest absolute Gasteiger partial charge is 0.162 e. The molecule has 0 amide bonds. The van der Waals surface area contributed by atoms with E-state index in [9.17, 15) is 0 Å². The summed E-state index contributed by atoms with van der Waals surface area (Å²) in [6, 6.07) is 4.00. The summed E-state index contributed by atoms with van der Waals surface area (Å²) in [5.41, 5.74) is 1.21. The quantitative estimate of drug-likeness (QED) is 0.767. The summed E-state index contributed by atoms with van der Waals surface area (Å²) in [5, 5.41) is 4.78. The predicted octanol–water partition coefficient (Wildman–Crippen LogP) is 2.29. The maximum atomic E-state index is 4.37. The van der Waals surface area contributed by atoms with Crippen LogP contribution in [0.3, 0.4) is 0 Å². The minimum atomic E-state index is 0.585. The Hall–Kier alpha value is -1.03. The number of pyridine rings is 1. The number of amidine groups is 1. The van der Waals surface area contributed by atoms with Gasteiger partial charge in [0.1, 0.15) is 5.82 Å². The number of nitrogens with zero attached hydrogens (tertiary/aromatic N) is 2. The van der Waals surface area contributed by atoms with Crippen molar-refractivity contribution >= 4 is 22.7 Å². The van der Waals surface area contributed by atoms with Crippen LogP contribution in [0.4, 0.5) is 5.82 Å². The minimum absolute atomic E-state index is 0.585. The molecule has 1 unspecified atom stereocenters. The van der Waals surface area contributed by atoms with Crippen LogP contribution in [-0.2, 0) is 0 Å². The third-order valence-electron chi connectivity index (χ3n) is 1.96. The first-order valence-electron chi connectivity index (χ1n) is 4.65. The highest BCUT2D eigenvalue weighted by atomic mass is 32.2. The molecule has 2 heterocycles. The SMILES string of the molecule is Cc1ccnc(NC2=NCC(C)S2)c1. The van der Waals surface area contributed by atoms with Gasteiger partial charge < -0.3 is 5.32 Å². The zero-order valence-corrected chi connectivity index (χ0v) is 9.14. The van der Waals surface area contributed by atoms with Crippen molar-refractivity contribution in [2.24, 2.45) is 4.99 Å². The van der Waals surface area contributed by atoms with Gasteiger partial charge in [-0.25, -0.2) is 4.98 Å². The lowest BCUT2D eigenvalue weighted by molar-refractivity contribution is 0.976.